The molecule has 2 saturated carbocycles. The van der Waals surface area contributed by atoms with Gasteiger partial charge in [-0.2, -0.15) is 0 Å². The number of nitrogens with one attached hydrogen (secondary N) is 1. The SMILES string of the molecule is c1ccc(C2(CCN[C@H]3CC[C@H](OCC4CC4)c4ccccc43)CCOC3(CCCC3)C2)nc1. The first-order chi connectivity index (χ1) is 16.8. The molecule has 1 aliphatic heterocycles. The number of aromatic nitrogens is 1. The Morgan fingerprint density at radius 3 is 2.56 bits per heavy atom. The van der Waals surface area contributed by atoms with E-state index < -0.39 is 0 Å². The second-order valence-electron chi connectivity index (χ2n) is 11.4. The molecule has 4 nitrogen and oxygen atoms in total. The van der Waals surface area contributed by atoms with Crippen LogP contribution < -0.4 is 5.32 Å². The lowest BCUT2D eigenvalue weighted by Gasteiger charge is -2.46. The van der Waals surface area contributed by atoms with Crippen molar-refractivity contribution in [3.8, 4) is 0 Å². The summed E-state index contributed by atoms with van der Waals surface area (Å²) in [6.07, 6.45) is 15.6. The first kappa shape index (κ1) is 22.7. The van der Waals surface area contributed by atoms with E-state index in [0.717, 1.165) is 57.8 Å². The summed E-state index contributed by atoms with van der Waals surface area (Å²) in [5.41, 5.74) is 4.31. The fourth-order valence-corrected chi connectivity index (χ4v) is 6.95. The van der Waals surface area contributed by atoms with Crippen molar-refractivity contribution in [2.75, 3.05) is 19.8 Å². The molecule has 1 spiro atoms. The van der Waals surface area contributed by atoms with Gasteiger partial charge in [0, 0.05) is 30.0 Å². The Kier molecular flexibility index (Phi) is 6.49. The minimum absolute atomic E-state index is 0.0827. The van der Waals surface area contributed by atoms with Crippen LogP contribution in [0.2, 0.25) is 0 Å². The van der Waals surface area contributed by atoms with Crippen LogP contribution in [0.4, 0.5) is 0 Å². The molecule has 1 aromatic carbocycles. The van der Waals surface area contributed by atoms with E-state index in [9.17, 15) is 0 Å². The molecule has 34 heavy (non-hydrogen) atoms. The van der Waals surface area contributed by atoms with Crippen LogP contribution in [-0.4, -0.2) is 30.3 Å². The van der Waals surface area contributed by atoms with E-state index in [1.807, 2.05) is 12.3 Å². The predicted molar refractivity (Wildman–Crippen MR) is 135 cm³/mol. The first-order valence-corrected chi connectivity index (χ1v) is 13.7. The highest BCUT2D eigenvalue weighted by atomic mass is 16.5. The van der Waals surface area contributed by atoms with Gasteiger partial charge in [0.15, 0.2) is 0 Å². The van der Waals surface area contributed by atoms with Crippen LogP contribution in [0.3, 0.4) is 0 Å². The zero-order valence-corrected chi connectivity index (χ0v) is 20.5. The highest BCUT2D eigenvalue weighted by Crippen LogP contribution is 2.50. The van der Waals surface area contributed by atoms with Gasteiger partial charge in [0.2, 0.25) is 0 Å². The molecule has 182 valence electrons. The quantitative estimate of drug-likeness (QED) is 0.493. The molecule has 3 fully saturated rings. The summed E-state index contributed by atoms with van der Waals surface area (Å²) in [7, 11) is 0. The zero-order valence-electron chi connectivity index (χ0n) is 20.5. The van der Waals surface area contributed by atoms with Gasteiger partial charge in [-0.1, -0.05) is 43.2 Å². The van der Waals surface area contributed by atoms with Gasteiger partial charge in [0.1, 0.15) is 0 Å². The summed E-state index contributed by atoms with van der Waals surface area (Å²) in [4.78, 5) is 4.88. The lowest BCUT2D eigenvalue weighted by Crippen LogP contribution is -2.47. The second-order valence-corrected chi connectivity index (χ2v) is 11.4. The third kappa shape index (κ3) is 4.69. The predicted octanol–water partition coefficient (Wildman–Crippen LogP) is 6.43. The van der Waals surface area contributed by atoms with Crippen LogP contribution >= 0.6 is 0 Å². The molecule has 1 unspecified atom stereocenters. The van der Waals surface area contributed by atoms with E-state index in [1.165, 1.54) is 55.3 Å². The van der Waals surface area contributed by atoms with Gasteiger partial charge < -0.3 is 14.8 Å². The van der Waals surface area contributed by atoms with E-state index in [1.54, 1.807) is 0 Å². The lowest BCUT2D eigenvalue weighted by molar-refractivity contribution is -0.104. The summed E-state index contributed by atoms with van der Waals surface area (Å²) in [5, 5.41) is 3.97. The molecule has 1 aromatic heterocycles. The monoisotopic (exact) mass is 460 g/mol. The number of rotatable bonds is 8. The van der Waals surface area contributed by atoms with E-state index in [-0.39, 0.29) is 17.1 Å². The fraction of sp³-hybridized carbons (Fsp3) is 0.633. The second kappa shape index (κ2) is 9.72. The molecule has 4 aliphatic rings. The van der Waals surface area contributed by atoms with Crippen molar-refractivity contribution in [1.82, 2.24) is 10.3 Å². The Balaban J connectivity index is 1.16. The summed E-state index contributed by atoms with van der Waals surface area (Å²) in [5.74, 6) is 0.813. The van der Waals surface area contributed by atoms with Crippen LogP contribution in [0.1, 0.15) is 99.6 Å². The number of pyridine rings is 1. The average molecular weight is 461 g/mol. The van der Waals surface area contributed by atoms with Crippen molar-refractivity contribution < 1.29 is 9.47 Å². The van der Waals surface area contributed by atoms with Gasteiger partial charge in [0.25, 0.3) is 0 Å². The van der Waals surface area contributed by atoms with Crippen LogP contribution in [0.5, 0.6) is 0 Å². The molecule has 0 radical (unpaired) electrons. The van der Waals surface area contributed by atoms with Crippen molar-refractivity contribution in [3.63, 3.8) is 0 Å². The number of benzene rings is 1. The van der Waals surface area contributed by atoms with E-state index in [4.69, 9.17) is 14.5 Å². The fourth-order valence-electron chi connectivity index (χ4n) is 6.95. The van der Waals surface area contributed by atoms with Crippen molar-refractivity contribution in [2.24, 2.45) is 5.92 Å². The van der Waals surface area contributed by atoms with E-state index in [0.29, 0.717) is 6.04 Å². The molecular weight excluding hydrogens is 420 g/mol. The minimum atomic E-state index is 0.0827. The number of hydrogen-bond acceptors (Lipinski definition) is 4. The van der Waals surface area contributed by atoms with Gasteiger partial charge in [-0.15, -0.1) is 0 Å². The number of fused-ring (bicyclic) bond motifs is 1. The summed E-state index contributed by atoms with van der Waals surface area (Å²) < 4.78 is 12.8. The molecule has 2 heterocycles. The Hall–Kier alpha value is -1.75. The Morgan fingerprint density at radius 1 is 0.941 bits per heavy atom. The highest BCUT2D eigenvalue weighted by molar-refractivity contribution is 5.34. The Morgan fingerprint density at radius 2 is 1.76 bits per heavy atom. The average Bonchev–Trinajstić information content (AvgIpc) is 3.62. The first-order valence-electron chi connectivity index (χ1n) is 13.7. The maximum atomic E-state index is 6.44. The molecule has 3 atom stereocenters. The summed E-state index contributed by atoms with van der Waals surface area (Å²) >= 11 is 0. The number of ether oxygens (including phenoxy) is 2. The molecule has 3 aliphatic carbocycles. The molecule has 2 aromatic rings. The molecule has 1 N–H and O–H groups in total. The standard InChI is InChI=1S/C30H40N2O2/c1-2-8-25-24(7-1)26(12-13-27(25)33-21-23-10-11-23)31-19-16-29(28-9-3-6-18-32-28)17-20-34-30(22-29)14-4-5-15-30/h1-3,6-9,18,23,26-27,31H,4-5,10-17,19-22H2/t26-,27-,29?/m0/s1. The molecule has 0 bridgehead atoms. The highest BCUT2D eigenvalue weighted by Gasteiger charge is 2.48. The van der Waals surface area contributed by atoms with Gasteiger partial charge in [-0.3, -0.25) is 4.98 Å². The Bertz CT molecular complexity index is 953. The van der Waals surface area contributed by atoms with Gasteiger partial charge in [0.05, 0.1) is 18.3 Å². The summed E-state index contributed by atoms with van der Waals surface area (Å²) in [6, 6.07) is 15.8. The zero-order chi connectivity index (χ0) is 22.8. The normalized spacial score (nSPS) is 30.4. The van der Waals surface area contributed by atoms with E-state index >= 15 is 0 Å². The largest absolute Gasteiger partial charge is 0.375 e. The van der Waals surface area contributed by atoms with Crippen LogP contribution in [0.15, 0.2) is 48.7 Å². The van der Waals surface area contributed by atoms with Crippen molar-refractivity contribution in [1.29, 1.82) is 0 Å². The third-order valence-electron chi connectivity index (χ3n) is 9.03. The van der Waals surface area contributed by atoms with Crippen LogP contribution in [-0.2, 0) is 14.9 Å². The maximum absolute atomic E-state index is 6.44. The number of hydrogen-bond donors (Lipinski definition) is 1. The van der Waals surface area contributed by atoms with Gasteiger partial charge in [-0.25, -0.2) is 0 Å². The Labute approximate surface area is 204 Å². The molecule has 0 amide bonds. The van der Waals surface area contributed by atoms with Gasteiger partial charge in [-0.05, 0) is 93.5 Å². The minimum Gasteiger partial charge on any atom is -0.375 e. The lowest BCUT2D eigenvalue weighted by atomic mass is 9.68. The van der Waals surface area contributed by atoms with Crippen molar-refractivity contribution in [3.05, 3.63) is 65.5 Å². The molecule has 4 heteroatoms. The van der Waals surface area contributed by atoms with Crippen molar-refractivity contribution in [2.45, 2.75) is 93.8 Å². The van der Waals surface area contributed by atoms with E-state index in [2.05, 4.69) is 41.7 Å². The topological polar surface area (TPSA) is 43.4 Å². The van der Waals surface area contributed by atoms with Crippen molar-refractivity contribution >= 4 is 0 Å². The summed E-state index contributed by atoms with van der Waals surface area (Å²) in [6.45, 7) is 2.82. The van der Waals surface area contributed by atoms with Crippen LogP contribution in [0.25, 0.3) is 0 Å². The van der Waals surface area contributed by atoms with Gasteiger partial charge >= 0.3 is 0 Å². The third-order valence-corrected chi connectivity index (χ3v) is 9.03. The van der Waals surface area contributed by atoms with Crippen LogP contribution in [0, 0.1) is 5.92 Å². The number of nitrogens with zero attached hydrogens (tertiary/aromatic N) is 1. The maximum Gasteiger partial charge on any atom is 0.0829 e. The smallest absolute Gasteiger partial charge is 0.0829 e. The molecular formula is C30H40N2O2. The molecule has 1 saturated heterocycles. The molecule has 6 rings (SSSR count).